The third-order valence-electron chi connectivity index (χ3n) is 2.86. The van der Waals surface area contributed by atoms with E-state index in [9.17, 15) is 0 Å². The van der Waals surface area contributed by atoms with Crippen molar-refractivity contribution in [2.45, 2.75) is 13.0 Å². The average Bonchev–Trinajstić information content (AvgIpc) is 2.48. The lowest BCUT2D eigenvalue weighted by Crippen LogP contribution is -2.07. The molecule has 1 aromatic heterocycles. The molecule has 0 fully saturated rings. The van der Waals surface area contributed by atoms with E-state index < -0.39 is 0 Å². The van der Waals surface area contributed by atoms with Gasteiger partial charge in [0.15, 0.2) is 11.5 Å². The highest BCUT2D eigenvalue weighted by Gasteiger charge is 2.09. The Labute approximate surface area is 113 Å². The third-order valence-corrected chi connectivity index (χ3v) is 2.86. The molecule has 0 unspecified atom stereocenters. The van der Waals surface area contributed by atoms with Crippen LogP contribution in [-0.4, -0.2) is 18.7 Å². The van der Waals surface area contributed by atoms with E-state index in [1.54, 1.807) is 13.3 Å². The number of hydrogen-bond acceptors (Lipinski definition) is 4. The summed E-state index contributed by atoms with van der Waals surface area (Å²) in [5.41, 5.74) is 7.81. The number of pyridine rings is 1. The van der Waals surface area contributed by atoms with Gasteiger partial charge in [-0.15, -0.1) is 0 Å². The van der Waals surface area contributed by atoms with Crippen LogP contribution in [0.5, 0.6) is 11.5 Å². The van der Waals surface area contributed by atoms with Gasteiger partial charge in [0, 0.05) is 30.9 Å². The zero-order chi connectivity index (χ0) is 13.5. The summed E-state index contributed by atoms with van der Waals surface area (Å²) in [6.45, 7) is 0.999. The van der Waals surface area contributed by atoms with Gasteiger partial charge in [-0.2, -0.15) is 0 Å². The second kappa shape index (κ2) is 6.75. The predicted molar refractivity (Wildman–Crippen MR) is 74.3 cm³/mol. The molecule has 1 heterocycles. The lowest BCUT2D eigenvalue weighted by Gasteiger charge is -2.14. The van der Waals surface area contributed by atoms with Crippen molar-refractivity contribution in [1.29, 1.82) is 0 Å². The lowest BCUT2D eigenvalue weighted by atomic mass is 10.2. The van der Waals surface area contributed by atoms with E-state index in [1.807, 2.05) is 36.5 Å². The Kier molecular flexibility index (Phi) is 4.75. The second-order valence-corrected chi connectivity index (χ2v) is 4.11. The standard InChI is InChI=1S/C15H18N2O2/c1-18-14-6-2-5-13(10-16)15(14)19-9-7-12-4-3-8-17-11-12/h2-6,8,11H,7,9-10,16H2,1H3. The monoisotopic (exact) mass is 258 g/mol. The first-order chi connectivity index (χ1) is 9.35. The normalized spacial score (nSPS) is 10.2. The topological polar surface area (TPSA) is 57.4 Å². The van der Waals surface area contributed by atoms with Crippen LogP contribution in [0.1, 0.15) is 11.1 Å². The number of aromatic nitrogens is 1. The number of benzene rings is 1. The van der Waals surface area contributed by atoms with E-state index in [1.165, 1.54) is 0 Å². The highest BCUT2D eigenvalue weighted by Crippen LogP contribution is 2.30. The maximum atomic E-state index is 5.82. The van der Waals surface area contributed by atoms with E-state index in [0.29, 0.717) is 18.9 Å². The second-order valence-electron chi connectivity index (χ2n) is 4.11. The predicted octanol–water partition coefficient (Wildman–Crippen LogP) is 2.17. The van der Waals surface area contributed by atoms with E-state index in [-0.39, 0.29) is 0 Å². The molecule has 0 amide bonds. The molecule has 0 spiro atoms. The Morgan fingerprint density at radius 1 is 1.21 bits per heavy atom. The van der Waals surface area contributed by atoms with Crippen LogP contribution in [0, 0.1) is 0 Å². The lowest BCUT2D eigenvalue weighted by molar-refractivity contribution is 0.294. The number of ether oxygens (including phenoxy) is 2. The zero-order valence-corrected chi connectivity index (χ0v) is 11.0. The summed E-state index contributed by atoms with van der Waals surface area (Å²) in [4.78, 5) is 4.08. The number of nitrogens with zero attached hydrogens (tertiary/aromatic N) is 1. The van der Waals surface area contributed by atoms with Gasteiger partial charge < -0.3 is 15.2 Å². The Bertz CT molecular complexity index is 493. The summed E-state index contributed by atoms with van der Waals surface area (Å²) in [6, 6.07) is 9.68. The molecule has 0 radical (unpaired) electrons. The molecule has 0 aliphatic heterocycles. The molecule has 0 bridgehead atoms. The van der Waals surface area contributed by atoms with Crippen molar-refractivity contribution < 1.29 is 9.47 Å². The molecule has 4 nitrogen and oxygen atoms in total. The van der Waals surface area contributed by atoms with Gasteiger partial charge in [-0.1, -0.05) is 18.2 Å². The minimum atomic E-state index is 0.430. The molecule has 2 N–H and O–H groups in total. The first-order valence-corrected chi connectivity index (χ1v) is 6.22. The quantitative estimate of drug-likeness (QED) is 0.862. The van der Waals surface area contributed by atoms with Crippen molar-refractivity contribution in [1.82, 2.24) is 4.98 Å². The van der Waals surface area contributed by atoms with Crippen LogP contribution < -0.4 is 15.2 Å². The van der Waals surface area contributed by atoms with Gasteiger partial charge in [-0.05, 0) is 17.7 Å². The van der Waals surface area contributed by atoms with Gasteiger partial charge >= 0.3 is 0 Å². The Morgan fingerprint density at radius 3 is 2.79 bits per heavy atom. The molecule has 4 heteroatoms. The molecule has 1 aromatic carbocycles. The van der Waals surface area contributed by atoms with Gasteiger partial charge in [-0.25, -0.2) is 0 Å². The first kappa shape index (κ1) is 13.4. The van der Waals surface area contributed by atoms with E-state index in [0.717, 1.165) is 23.3 Å². The van der Waals surface area contributed by atoms with Gasteiger partial charge in [0.1, 0.15) is 0 Å². The van der Waals surface area contributed by atoms with Crippen molar-refractivity contribution >= 4 is 0 Å². The van der Waals surface area contributed by atoms with Crippen LogP contribution in [0.3, 0.4) is 0 Å². The SMILES string of the molecule is COc1cccc(CN)c1OCCc1cccnc1. The fraction of sp³-hybridized carbons (Fsp3) is 0.267. The van der Waals surface area contributed by atoms with Crippen LogP contribution >= 0.6 is 0 Å². The fourth-order valence-corrected chi connectivity index (χ4v) is 1.86. The highest BCUT2D eigenvalue weighted by molar-refractivity contribution is 5.46. The third kappa shape index (κ3) is 3.45. The van der Waals surface area contributed by atoms with Crippen LogP contribution in [0.15, 0.2) is 42.7 Å². The largest absolute Gasteiger partial charge is 0.493 e. The molecule has 2 rings (SSSR count). The fourth-order valence-electron chi connectivity index (χ4n) is 1.86. The van der Waals surface area contributed by atoms with E-state index in [2.05, 4.69) is 4.98 Å². The van der Waals surface area contributed by atoms with Crippen LogP contribution in [0.4, 0.5) is 0 Å². The molecule has 2 aromatic rings. The van der Waals surface area contributed by atoms with Crippen molar-refractivity contribution in [3.8, 4) is 11.5 Å². The molecule has 19 heavy (non-hydrogen) atoms. The zero-order valence-electron chi connectivity index (χ0n) is 11.0. The number of nitrogens with two attached hydrogens (primary N) is 1. The van der Waals surface area contributed by atoms with Crippen molar-refractivity contribution in [2.75, 3.05) is 13.7 Å². The van der Waals surface area contributed by atoms with E-state index >= 15 is 0 Å². The summed E-state index contributed by atoms with van der Waals surface area (Å²) in [6.07, 6.45) is 4.41. The van der Waals surface area contributed by atoms with Gasteiger partial charge in [0.05, 0.1) is 13.7 Å². The minimum Gasteiger partial charge on any atom is -0.493 e. The Morgan fingerprint density at radius 2 is 2.11 bits per heavy atom. The van der Waals surface area contributed by atoms with Crippen LogP contribution in [0.2, 0.25) is 0 Å². The number of methoxy groups -OCH3 is 1. The van der Waals surface area contributed by atoms with Crippen LogP contribution in [0.25, 0.3) is 0 Å². The maximum Gasteiger partial charge on any atom is 0.165 e. The first-order valence-electron chi connectivity index (χ1n) is 6.22. The number of rotatable bonds is 6. The summed E-state index contributed by atoms with van der Waals surface area (Å²) >= 11 is 0. The maximum absolute atomic E-state index is 5.82. The molecule has 100 valence electrons. The van der Waals surface area contributed by atoms with Crippen molar-refractivity contribution in [2.24, 2.45) is 5.73 Å². The molecule has 0 saturated carbocycles. The summed E-state index contributed by atoms with van der Waals surface area (Å²) in [7, 11) is 1.63. The molecular weight excluding hydrogens is 240 g/mol. The summed E-state index contributed by atoms with van der Waals surface area (Å²) in [5.74, 6) is 1.45. The van der Waals surface area contributed by atoms with Crippen LogP contribution in [-0.2, 0) is 13.0 Å². The number of para-hydroxylation sites is 1. The van der Waals surface area contributed by atoms with Crippen molar-refractivity contribution in [3.05, 3.63) is 53.9 Å². The smallest absolute Gasteiger partial charge is 0.165 e. The van der Waals surface area contributed by atoms with Gasteiger partial charge in [0.25, 0.3) is 0 Å². The summed E-state index contributed by atoms with van der Waals surface area (Å²) < 4.78 is 11.1. The van der Waals surface area contributed by atoms with E-state index in [4.69, 9.17) is 15.2 Å². The Balaban J connectivity index is 2.02. The average molecular weight is 258 g/mol. The molecule has 0 atom stereocenters. The highest BCUT2D eigenvalue weighted by atomic mass is 16.5. The Hall–Kier alpha value is -2.07. The molecule has 0 saturated heterocycles. The van der Waals surface area contributed by atoms with Crippen molar-refractivity contribution in [3.63, 3.8) is 0 Å². The minimum absolute atomic E-state index is 0.430. The number of hydrogen-bond donors (Lipinski definition) is 1. The summed E-state index contributed by atoms with van der Waals surface area (Å²) in [5, 5.41) is 0. The molecular formula is C15H18N2O2. The molecule has 0 aliphatic rings. The molecule has 0 aliphatic carbocycles. The van der Waals surface area contributed by atoms with Gasteiger partial charge in [-0.3, -0.25) is 4.98 Å². The van der Waals surface area contributed by atoms with Gasteiger partial charge in [0.2, 0.25) is 0 Å².